The Labute approximate surface area is 170 Å². The molecule has 8 heteroatoms. The molecular formula is C21H27N7O. The van der Waals surface area contributed by atoms with E-state index in [9.17, 15) is 0 Å². The number of rotatable bonds is 6. The molecule has 2 aromatic heterocycles. The van der Waals surface area contributed by atoms with Gasteiger partial charge in [-0.1, -0.05) is 18.1 Å². The maximum atomic E-state index is 5.99. The van der Waals surface area contributed by atoms with E-state index in [0.29, 0.717) is 29.1 Å². The number of nitrogens with zero attached hydrogens (tertiary/aromatic N) is 5. The van der Waals surface area contributed by atoms with Crippen LogP contribution in [-0.4, -0.2) is 50.7 Å². The highest BCUT2D eigenvalue weighted by Crippen LogP contribution is 2.23. The first kappa shape index (κ1) is 18.3. The second kappa shape index (κ2) is 8.32. The van der Waals surface area contributed by atoms with Crippen molar-refractivity contribution in [2.75, 3.05) is 25.0 Å². The molecule has 8 nitrogen and oxygen atoms in total. The summed E-state index contributed by atoms with van der Waals surface area (Å²) in [5.41, 5.74) is 2.31. The quantitative estimate of drug-likeness (QED) is 0.665. The summed E-state index contributed by atoms with van der Waals surface area (Å²) in [6, 6.07) is 8.44. The van der Waals surface area contributed by atoms with Crippen LogP contribution in [0.2, 0.25) is 0 Å². The van der Waals surface area contributed by atoms with Gasteiger partial charge in [0.2, 0.25) is 5.95 Å². The van der Waals surface area contributed by atoms with Gasteiger partial charge in [-0.15, -0.1) is 5.10 Å². The van der Waals surface area contributed by atoms with Crippen LogP contribution < -0.4 is 15.4 Å². The highest BCUT2D eigenvalue weighted by atomic mass is 16.5. The Kier molecular flexibility index (Phi) is 5.25. The molecule has 3 heterocycles. The van der Waals surface area contributed by atoms with Crippen LogP contribution in [0.1, 0.15) is 38.5 Å². The van der Waals surface area contributed by atoms with Gasteiger partial charge in [-0.05, 0) is 69.0 Å². The normalized spacial score (nSPS) is 18.3. The summed E-state index contributed by atoms with van der Waals surface area (Å²) in [7, 11) is 0. The van der Waals surface area contributed by atoms with Crippen molar-refractivity contribution in [3.8, 4) is 11.4 Å². The summed E-state index contributed by atoms with van der Waals surface area (Å²) < 4.78 is 7.75. The largest absolute Gasteiger partial charge is 0.493 e. The molecule has 0 bridgehead atoms. The van der Waals surface area contributed by atoms with Gasteiger partial charge in [0.1, 0.15) is 5.75 Å². The molecule has 1 aliphatic heterocycles. The van der Waals surface area contributed by atoms with Crippen LogP contribution >= 0.6 is 0 Å². The zero-order chi connectivity index (χ0) is 19.5. The number of fused-ring (bicyclic) bond motifs is 1. The van der Waals surface area contributed by atoms with Crippen LogP contribution in [0.3, 0.4) is 0 Å². The number of anilines is 1. The first-order chi connectivity index (χ1) is 14.3. The van der Waals surface area contributed by atoms with Gasteiger partial charge in [0.05, 0.1) is 18.5 Å². The van der Waals surface area contributed by atoms with Crippen LogP contribution in [0.5, 0.6) is 5.75 Å². The van der Waals surface area contributed by atoms with Gasteiger partial charge in [-0.3, -0.25) is 0 Å². The Morgan fingerprint density at radius 1 is 1.07 bits per heavy atom. The van der Waals surface area contributed by atoms with Gasteiger partial charge >= 0.3 is 0 Å². The molecule has 152 valence electrons. The average molecular weight is 393 g/mol. The van der Waals surface area contributed by atoms with Gasteiger partial charge in [-0.2, -0.15) is 9.67 Å². The molecule has 0 atom stereocenters. The Bertz CT molecular complexity index is 943. The fraction of sp³-hybridized carbons (Fsp3) is 0.524. The summed E-state index contributed by atoms with van der Waals surface area (Å²) in [6.45, 7) is 2.95. The topological polar surface area (TPSA) is 89.8 Å². The third-order valence-corrected chi connectivity index (χ3v) is 5.91. The number of benzene rings is 1. The van der Waals surface area contributed by atoms with Gasteiger partial charge in [0.15, 0.2) is 11.2 Å². The second-order valence-electron chi connectivity index (χ2n) is 8.03. The molecule has 1 saturated heterocycles. The van der Waals surface area contributed by atoms with Gasteiger partial charge in [-0.25, -0.2) is 4.98 Å². The Morgan fingerprint density at radius 2 is 1.86 bits per heavy atom. The SMILES string of the molecule is c1cc(-n2nnc3cnc(NC4CCCC4)nc32)ccc1OCC1CCNCC1. The zero-order valence-electron chi connectivity index (χ0n) is 16.5. The first-order valence-corrected chi connectivity index (χ1v) is 10.6. The second-order valence-corrected chi connectivity index (χ2v) is 8.03. The molecule has 29 heavy (non-hydrogen) atoms. The Balaban J connectivity index is 1.30. The van der Waals surface area contributed by atoms with E-state index in [-0.39, 0.29) is 0 Å². The van der Waals surface area contributed by atoms with Crippen LogP contribution in [0.25, 0.3) is 16.9 Å². The molecule has 0 amide bonds. The summed E-state index contributed by atoms with van der Waals surface area (Å²) in [6.07, 6.45) is 8.99. The molecule has 0 radical (unpaired) electrons. The lowest BCUT2D eigenvalue weighted by atomic mass is 9.99. The van der Waals surface area contributed by atoms with E-state index in [1.54, 1.807) is 10.9 Å². The molecule has 5 rings (SSSR count). The van der Waals surface area contributed by atoms with Crippen molar-refractivity contribution in [2.45, 2.75) is 44.6 Å². The molecule has 1 saturated carbocycles. The number of hydrogen-bond acceptors (Lipinski definition) is 7. The van der Waals surface area contributed by atoms with E-state index in [1.165, 1.54) is 38.5 Å². The summed E-state index contributed by atoms with van der Waals surface area (Å²) in [4.78, 5) is 9.07. The summed E-state index contributed by atoms with van der Waals surface area (Å²) >= 11 is 0. The molecule has 0 unspecified atom stereocenters. The number of ether oxygens (including phenoxy) is 1. The molecule has 1 aliphatic carbocycles. The third kappa shape index (κ3) is 4.17. The van der Waals surface area contributed by atoms with Crippen LogP contribution in [0.4, 0.5) is 5.95 Å². The van der Waals surface area contributed by atoms with E-state index in [4.69, 9.17) is 4.74 Å². The maximum absolute atomic E-state index is 5.99. The average Bonchev–Trinajstić information content (AvgIpc) is 3.43. The lowest BCUT2D eigenvalue weighted by Crippen LogP contribution is -2.30. The maximum Gasteiger partial charge on any atom is 0.225 e. The molecule has 1 aromatic carbocycles. The van der Waals surface area contributed by atoms with Crippen molar-refractivity contribution in [1.82, 2.24) is 30.3 Å². The van der Waals surface area contributed by atoms with E-state index in [0.717, 1.165) is 31.1 Å². The fourth-order valence-corrected chi connectivity index (χ4v) is 4.17. The van der Waals surface area contributed by atoms with Crippen molar-refractivity contribution in [1.29, 1.82) is 0 Å². The predicted molar refractivity (Wildman–Crippen MR) is 111 cm³/mol. The molecule has 3 aromatic rings. The first-order valence-electron chi connectivity index (χ1n) is 10.6. The Hall–Kier alpha value is -2.74. The smallest absolute Gasteiger partial charge is 0.225 e. The van der Waals surface area contributed by atoms with Crippen molar-refractivity contribution < 1.29 is 4.74 Å². The summed E-state index contributed by atoms with van der Waals surface area (Å²) in [5.74, 6) is 2.17. The summed E-state index contributed by atoms with van der Waals surface area (Å²) in [5, 5.41) is 15.3. The molecule has 0 spiro atoms. The number of nitrogens with one attached hydrogen (secondary N) is 2. The monoisotopic (exact) mass is 393 g/mol. The minimum absolute atomic E-state index is 0.466. The number of piperidine rings is 1. The highest BCUT2D eigenvalue weighted by molar-refractivity contribution is 5.72. The number of aromatic nitrogens is 5. The zero-order valence-corrected chi connectivity index (χ0v) is 16.5. The standard InChI is InChI=1S/C21H27N7O/c1-2-4-16(3-1)24-21-23-13-19-20(25-21)28(27-26-19)17-5-7-18(8-6-17)29-14-15-9-11-22-12-10-15/h5-8,13,15-16,22H,1-4,9-12,14H2,(H,23,24,25). The van der Waals surface area contributed by atoms with Crippen molar-refractivity contribution in [2.24, 2.45) is 5.92 Å². The highest BCUT2D eigenvalue weighted by Gasteiger charge is 2.17. The van der Waals surface area contributed by atoms with Gasteiger partial charge in [0, 0.05) is 6.04 Å². The van der Waals surface area contributed by atoms with Crippen LogP contribution in [0, 0.1) is 5.92 Å². The van der Waals surface area contributed by atoms with Crippen molar-refractivity contribution in [3.05, 3.63) is 30.5 Å². The molecular weight excluding hydrogens is 366 g/mol. The van der Waals surface area contributed by atoms with Crippen molar-refractivity contribution in [3.63, 3.8) is 0 Å². The van der Waals surface area contributed by atoms with E-state index < -0.39 is 0 Å². The minimum Gasteiger partial charge on any atom is -0.493 e. The molecule has 2 fully saturated rings. The van der Waals surface area contributed by atoms with Crippen molar-refractivity contribution >= 4 is 17.1 Å². The van der Waals surface area contributed by atoms with E-state index in [2.05, 4.69) is 30.9 Å². The van der Waals surface area contributed by atoms with Crippen LogP contribution in [-0.2, 0) is 0 Å². The third-order valence-electron chi connectivity index (χ3n) is 5.91. The predicted octanol–water partition coefficient (Wildman–Crippen LogP) is 2.94. The Morgan fingerprint density at radius 3 is 2.66 bits per heavy atom. The van der Waals surface area contributed by atoms with E-state index in [1.807, 2.05) is 24.3 Å². The lowest BCUT2D eigenvalue weighted by Gasteiger charge is -2.22. The molecule has 2 N–H and O–H groups in total. The lowest BCUT2D eigenvalue weighted by molar-refractivity contribution is 0.215. The van der Waals surface area contributed by atoms with Gasteiger partial charge < -0.3 is 15.4 Å². The number of hydrogen-bond donors (Lipinski definition) is 2. The molecule has 2 aliphatic rings. The van der Waals surface area contributed by atoms with Crippen LogP contribution in [0.15, 0.2) is 30.5 Å². The fourth-order valence-electron chi connectivity index (χ4n) is 4.17. The van der Waals surface area contributed by atoms with E-state index >= 15 is 0 Å². The van der Waals surface area contributed by atoms with Gasteiger partial charge in [0.25, 0.3) is 0 Å². The minimum atomic E-state index is 0.466.